The van der Waals surface area contributed by atoms with Crippen molar-refractivity contribution in [3.63, 3.8) is 0 Å². The summed E-state index contributed by atoms with van der Waals surface area (Å²) >= 11 is 5.91. The third kappa shape index (κ3) is 5.10. The molecule has 2 unspecified atom stereocenters. The highest BCUT2D eigenvalue weighted by Gasteiger charge is 2.16. The zero-order valence-electron chi connectivity index (χ0n) is 16.2. The number of benzene rings is 2. The lowest BCUT2D eigenvalue weighted by Gasteiger charge is -2.23. The molecule has 7 heteroatoms. The number of hydrogen-bond acceptors (Lipinski definition) is 4. The molecular formula is C21H24ClN5O. The van der Waals surface area contributed by atoms with E-state index >= 15 is 0 Å². The van der Waals surface area contributed by atoms with Crippen LogP contribution in [0.15, 0.2) is 64.1 Å². The highest BCUT2D eigenvalue weighted by atomic mass is 35.5. The Balaban J connectivity index is 1.56. The lowest BCUT2D eigenvalue weighted by atomic mass is 9.94. The number of halogens is 1. The van der Waals surface area contributed by atoms with E-state index in [9.17, 15) is 0 Å². The molecule has 1 aromatic heterocycles. The first kappa shape index (κ1) is 19.9. The molecular weight excluding hydrogens is 374 g/mol. The average Bonchev–Trinajstić information content (AvgIpc) is 3.20. The first-order valence-electron chi connectivity index (χ1n) is 9.17. The van der Waals surface area contributed by atoms with E-state index in [0.29, 0.717) is 35.2 Å². The van der Waals surface area contributed by atoms with E-state index in [1.54, 1.807) is 19.2 Å². The van der Waals surface area contributed by atoms with Crippen molar-refractivity contribution in [3.05, 3.63) is 71.1 Å². The van der Waals surface area contributed by atoms with Gasteiger partial charge >= 0.3 is 0 Å². The van der Waals surface area contributed by atoms with Crippen LogP contribution in [0, 0.1) is 0 Å². The van der Waals surface area contributed by atoms with Crippen molar-refractivity contribution in [1.29, 1.82) is 0 Å². The van der Waals surface area contributed by atoms with Crippen LogP contribution in [-0.4, -0.2) is 29.2 Å². The number of aromatic nitrogens is 2. The molecule has 3 aromatic rings. The molecule has 28 heavy (non-hydrogen) atoms. The van der Waals surface area contributed by atoms with Crippen LogP contribution in [0.25, 0.3) is 11.4 Å². The Morgan fingerprint density at radius 2 is 1.82 bits per heavy atom. The van der Waals surface area contributed by atoms with Gasteiger partial charge in [0, 0.05) is 29.6 Å². The summed E-state index contributed by atoms with van der Waals surface area (Å²) in [6, 6.07) is 17.9. The van der Waals surface area contributed by atoms with Crippen LogP contribution in [0.4, 0.5) is 0 Å². The molecule has 3 rings (SSSR count). The number of rotatable bonds is 6. The summed E-state index contributed by atoms with van der Waals surface area (Å²) in [5.41, 5.74) is 2.13. The molecule has 1 heterocycles. The summed E-state index contributed by atoms with van der Waals surface area (Å²) in [5, 5.41) is 11.3. The lowest BCUT2D eigenvalue weighted by Crippen LogP contribution is -2.43. The van der Waals surface area contributed by atoms with E-state index in [-0.39, 0.29) is 6.04 Å². The molecule has 0 aliphatic heterocycles. The van der Waals surface area contributed by atoms with Gasteiger partial charge in [0.05, 0.1) is 6.54 Å². The second-order valence-corrected chi connectivity index (χ2v) is 7.01. The molecule has 0 fully saturated rings. The summed E-state index contributed by atoms with van der Waals surface area (Å²) in [7, 11) is 1.74. The van der Waals surface area contributed by atoms with E-state index in [1.807, 2.05) is 18.2 Å². The molecule has 6 nitrogen and oxygen atoms in total. The molecule has 2 aromatic carbocycles. The second kappa shape index (κ2) is 9.37. The van der Waals surface area contributed by atoms with Crippen molar-refractivity contribution in [1.82, 2.24) is 20.8 Å². The number of aliphatic imine (C=N–C) groups is 1. The van der Waals surface area contributed by atoms with Gasteiger partial charge in [-0.3, -0.25) is 4.99 Å². The SMILES string of the molecule is CN=C(NCc1nc(-c2ccc(Cl)cc2)no1)NC(C)C(C)c1ccccc1. The van der Waals surface area contributed by atoms with Crippen LogP contribution in [-0.2, 0) is 6.54 Å². The standard InChI is InChI=1S/C21H24ClN5O/c1-14(16-7-5-4-6-8-16)15(2)25-21(23-3)24-13-19-26-20(27-28-19)17-9-11-18(22)12-10-17/h4-12,14-15H,13H2,1-3H3,(H2,23,24,25). The largest absolute Gasteiger partial charge is 0.353 e. The maximum absolute atomic E-state index is 5.91. The number of nitrogens with zero attached hydrogens (tertiary/aromatic N) is 3. The van der Waals surface area contributed by atoms with Crippen molar-refractivity contribution in [2.75, 3.05) is 7.05 Å². The summed E-state index contributed by atoms with van der Waals surface area (Å²) in [5.74, 6) is 2.03. The van der Waals surface area contributed by atoms with Crippen LogP contribution in [0.1, 0.15) is 31.2 Å². The molecule has 0 spiro atoms. The molecule has 0 saturated carbocycles. The zero-order chi connectivity index (χ0) is 19.9. The molecule has 146 valence electrons. The van der Waals surface area contributed by atoms with E-state index in [2.05, 4.69) is 63.9 Å². The van der Waals surface area contributed by atoms with E-state index < -0.39 is 0 Å². The van der Waals surface area contributed by atoms with Gasteiger partial charge < -0.3 is 15.2 Å². The Bertz CT molecular complexity index is 908. The van der Waals surface area contributed by atoms with E-state index in [4.69, 9.17) is 16.1 Å². The quantitative estimate of drug-likeness (QED) is 0.480. The van der Waals surface area contributed by atoms with Crippen molar-refractivity contribution in [2.24, 2.45) is 4.99 Å². The summed E-state index contributed by atoms with van der Waals surface area (Å²) in [6.45, 7) is 4.71. The molecule has 0 saturated heterocycles. The summed E-state index contributed by atoms with van der Waals surface area (Å²) in [6.07, 6.45) is 0. The fourth-order valence-electron chi connectivity index (χ4n) is 2.78. The Labute approximate surface area is 170 Å². The summed E-state index contributed by atoms with van der Waals surface area (Å²) < 4.78 is 5.33. The van der Waals surface area contributed by atoms with Crippen LogP contribution < -0.4 is 10.6 Å². The van der Waals surface area contributed by atoms with Crippen LogP contribution in [0.2, 0.25) is 5.02 Å². The average molecular weight is 398 g/mol. The Morgan fingerprint density at radius 1 is 1.11 bits per heavy atom. The van der Waals surface area contributed by atoms with Crippen molar-refractivity contribution >= 4 is 17.6 Å². The van der Waals surface area contributed by atoms with Crippen molar-refractivity contribution in [3.8, 4) is 11.4 Å². The Kier molecular flexibility index (Phi) is 6.66. The lowest BCUT2D eigenvalue weighted by molar-refractivity contribution is 0.375. The minimum absolute atomic E-state index is 0.195. The molecule has 0 radical (unpaired) electrons. The van der Waals surface area contributed by atoms with Gasteiger partial charge in [0.2, 0.25) is 11.7 Å². The number of guanidine groups is 1. The minimum Gasteiger partial charge on any atom is -0.353 e. The van der Waals surface area contributed by atoms with Crippen molar-refractivity contribution in [2.45, 2.75) is 32.4 Å². The third-order valence-corrected chi connectivity index (χ3v) is 4.89. The fourth-order valence-corrected chi connectivity index (χ4v) is 2.91. The molecule has 0 amide bonds. The van der Waals surface area contributed by atoms with Gasteiger partial charge in [0.15, 0.2) is 5.96 Å². The van der Waals surface area contributed by atoms with E-state index in [0.717, 1.165) is 5.56 Å². The maximum atomic E-state index is 5.91. The Hall–Kier alpha value is -2.86. The van der Waals surface area contributed by atoms with Gasteiger partial charge in [-0.25, -0.2) is 0 Å². The van der Waals surface area contributed by atoms with Crippen LogP contribution in [0.5, 0.6) is 0 Å². The van der Waals surface area contributed by atoms with Crippen LogP contribution in [0.3, 0.4) is 0 Å². The summed E-state index contributed by atoms with van der Waals surface area (Å²) in [4.78, 5) is 8.70. The monoisotopic (exact) mass is 397 g/mol. The van der Waals surface area contributed by atoms with Gasteiger partial charge in [-0.1, -0.05) is 54.0 Å². The molecule has 2 N–H and O–H groups in total. The van der Waals surface area contributed by atoms with Gasteiger partial charge in [-0.05, 0) is 36.8 Å². The topological polar surface area (TPSA) is 75.3 Å². The molecule has 0 bridgehead atoms. The first-order valence-corrected chi connectivity index (χ1v) is 9.55. The molecule has 0 aliphatic carbocycles. The van der Waals surface area contributed by atoms with Gasteiger partial charge in [0.25, 0.3) is 0 Å². The Morgan fingerprint density at radius 3 is 2.50 bits per heavy atom. The maximum Gasteiger partial charge on any atom is 0.246 e. The van der Waals surface area contributed by atoms with Gasteiger partial charge in [-0.2, -0.15) is 4.98 Å². The van der Waals surface area contributed by atoms with E-state index in [1.165, 1.54) is 5.56 Å². The van der Waals surface area contributed by atoms with Crippen LogP contribution >= 0.6 is 11.6 Å². The smallest absolute Gasteiger partial charge is 0.246 e. The highest BCUT2D eigenvalue weighted by molar-refractivity contribution is 6.30. The highest BCUT2D eigenvalue weighted by Crippen LogP contribution is 2.19. The van der Waals surface area contributed by atoms with Gasteiger partial charge in [-0.15, -0.1) is 0 Å². The third-order valence-electron chi connectivity index (χ3n) is 4.64. The van der Waals surface area contributed by atoms with Gasteiger partial charge in [0.1, 0.15) is 0 Å². The minimum atomic E-state index is 0.195. The number of hydrogen-bond donors (Lipinski definition) is 2. The predicted molar refractivity (Wildman–Crippen MR) is 112 cm³/mol. The first-order chi connectivity index (χ1) is 13.6. The molecule has 0 aliphatic rings. The zero-order valence-corrected chi connectivity index (χ0v) is 16.9. The predicted octanol–water partition coefficient (Wildman–Crippen LogP) is 4.25. The molecule has 2 atom stereocenters. The fraction of sp³-hybridized carbons (Fsp3) is 0.286. The van der Waals surface area contributed by atoms with Crippen molar-refractivity contribution < 1.29 is 4.52 Å². The number of nitrogens with one attached hydrogen (secondary N) is 2. The second-order valence-electron chi connectivity index (χ2n) is 6.58. The normalized spacial score (nSPS) is 13.8.